The Labute approximate surface area is 97.4 Å². The van der Waals surface area contributed by atoms with Crippen molar-refractivity contribution in [1.29, 1.82) is 0 Å². The molecule has 0 amide bonds. The molecule has 2 heteroatoms. The lowest BCUT2D eigenvalue weighted by Crippen LogP contribution is -2.18. The molecule has 0 radical (unpaired) electrons. The van der Waals surface area contributed by atoms with Crippen LogP contribution in [0, 0.1) is 11.7 Å². The van der Waals surface area contributed by atoms with Crippen LogP contribution in [0.2, 0.25) is 0 Å². The topological polar surface area (TPSA) is 12.0 Å². The molecule has 0 aliphatic rings. The highest BCUT2D eigenvalue weighted by Crippen LogP contribution is 2.14. The summed E-state index contributed by atoms with van der Waals surface area (Å²) in [6, 6.07) is 6.70. The van der Waals surface area contributed by atoms with Gasteiger partial charge in [0.15, 0.2) is 0 Å². The van der Waals surface area contributed by atoms with E-state index >= 15 is 0 Å². The summed E-state index contributed by atoms with van der Waals surface area (Å²) in [6.45, 7) is 8.21. The van der Waals surface area contributed by atoms with Gasteiger partial charge in [-0.2, -0.15) is 0 Å². The second-order valence-electron chi connectivity index (χ2n) is 4.21. The van der Waals surface area contributed by atoms with E-state index in [0.717, 1.165) is 18.7 Å². The van der Waals surface area contributed by atoms with Crippen molar-refractivity contribution < 1.29 is 4.39 Å². The maximum atomic E-state index is 13.0. The normalized spacial score (nSPS) is 12.2. The Balaban J connectivity index is 2.84. The number of likely N-dealkylation sites (N-methyl/N-ethyl adjacent to an activating group) is 1. The molecule has 0 fully saturated rings. The molecule has 0 saturated heterocycles. The molecule has 1 nitrogen and oxygen atoms in total. The Morgan fingerprint density at radius 1 is 1.44 bits per heavy atom. The van der Waals surface area contributed by atoms with Crippen LogP contribution in [0.3, 0.4) is 0 Å². The molecular weight excluding hydrogens is 201 g/mol. The molecule has 0 aliphatic heterocycles. The fourth-order valence-electron chi connectivity index (χ4n) is 1.50. The van der Waals surface area contributed by atoms with Gasteiger partial charge in [0.1, 0.15) is 5.82 Å². The van der Waals surface area contributed by atoms with Crippen molar-refractivity contribution in [3.63, 3.8) is 0 Å². The molecule has 0 aromatic heterocycles. The van der Waals surface area contributed by atoms with E-state index in [-0.39, 0.29) is 5.82 Å². The van der Waals surface area contributed by atoms with Gasteiger partial charge < -0.3 is 5.32 Å². The predicted octanol–water partition coefficient (Wildman–Crippen LogP) is 3.47. The average Bonchev–Trinajstić information content (AvgIpc) is 2.24. The summed E-state index contributed by atoms with van der Waals surface area (Å²) < 4.78 is 13.0. The van der Waals surface area contributed by atoms with E-state index < -0.39 is 0 Å². The molecule has 0 heterocycles. The molecule has 88 valence electrons. The summed E-state index contributed by atoms with van der Waals surface area (Å²) >= 11 is 0. The number of rotatable bonds is 5. The van der Waals surface area contributed by atoms with Gasteiger partial charge in [-0.05, 0) is 30.2 Å². The highest BCUT2D eigenvalue weighted by Gasteiger charge is 2.03. The Morgan fingerprint density at radius 2 is 2.19 bits per heavy atom. The maximum Gasteiger partial charge on any atom is 0.123 e. The minimum absolute atomic E-state index is 0.180. The van der Waals surface area contributed by atoms with Crippen LogP contribution in [0.1, 0.15) is 26.3 Å². The summed E-state index contributed by atoms with van der Waals surface area (Å²) in [6.07, 6.45) is 2.07. The van der Waals surface area contributed by atoms with Crippen LogP contribution < -0.4 is 5.32 Å². The smallest absolute Gasteiger partial charge is 0.123 e. The average molecular weight is 221 g/mol. The highest BCUT2D eigenvalue weighted by molar-refractivity contribution is 5.53. The van der Waals surface area contributed by atoms with E-state index in [9.17, 15) is 4.39 Å². The van der Waals surface area contributed by atoms with E-state index in [2.05, 4.69) is 32.2 Å². The van der Waals surface area contributed by atoms with Crippen molar-refractivity contribution in [1.82, 2.24) is 5.32 Å². The van der Waals surface area contributed by atoms with Gasteiger partial charge in [-0.1, -0.05) is 44.6 Å². The first-order chi connectivity index (χ1) is 7.63. The quantitative estimate of drug-likeness (QED) is 0.802. The molecular formula is C14H20FN. The van der Waals surface area contributed by atoms with E-state index in [1.165, 1.54) is 11.6 Å². The second kappa shape index (κ2) is 6.44. The molecule has 0 aliphatic carbocycles. The third-order valence-corrected chi connectivity index (χ3v) is 2.52. The summed E-state index contributed by atoms with van der Waals surface area (Å²) in [7, 11) is 0. The standard InChI is InChI=1S/C14H20FN/c1-4-16-10-13(11(2)3)8-12-6-5-7-14(15)9-12/h5-9,11,16H,4,10H2,1-3H3. The van der Waals surface area contributed by atoms with Crippen LogP contribution in [-0.2, 0) is 0 Å². The van der Waals surface area contributed by atoms with Gasteiger partial charge >= 0.3 is 0 Å². The zero-order chi connectivity index (χ0) is 12.0. The van der Waals surface area contributed by atoms with E-state index in [4.69, 9.17) is 0 Å². The first-order valence-electron chi connectivity index (χ1n) is 5.80. The third-order valence-electron chi connectivity index (χ3n) is 2.52. The molecule has 1 rings (SSSR count). The van der Waals surface area contributed by atoms with Crippen LogP contribution in [0.5, 0.6) is 0 Å². The van der Waals surface area contributed by atoms with E-state index in [1.54, 1.807) is 12.1 Å². The Hall–Kier alpha value is -1.15. The van der Waals surface area contributed by atoms with Crippen LogP contribution >= 0.6 is 0 Å². The lowest BCUT2D eigenvalue weighted by molar-refractivity contribution is 0.627. The van der Waals surface area contributed by atoms with Crippen LogP contribution in [0.25, 0.3) is 6.08 Å². The molecule has 0 bridgehead atoms. The molecule has 0 atom stereocenters. The maximum absolute atomic E-state index is 13.0. The monoisotopic (exact) mass is 221 g/mol. The molecule has 1 aromatic carbocycles. The second-order valence-corrected chi connectivity index (χ2v) is 4.21. The summed E-state index contributed by atoms with van der Waals surface area (Å²) in [5, 5.41) is 3.30. The Kier molecular flexibility index (Phi) is 5.20. The van der Waals surface area contributed by atoms with Crippen molar-refractivity contribution in [2.24, 2.45) is 5.92 Å². The van der Waals surface area contributed by atoms with Crippen molar-refractivity contribution in [2.45, 2.75) is 20.8 Å². The molecule has 0 saturated carbocycles. The summed E-state index contributed by atoms with van der Waals surface area (Å²) in [5.41, 5.74) is 2.23. The minimum Gasteiger partial charge on any atom is -0.313 e. The lowest BCUT2D eigenvalue weighted by atomic mass is 10.0. The number of halogens is 1. The van der Waals surface area contributed by atoms with Gasteiger partial charge in [0.25, 0.3) is 0 Å². The van der Waals surface area contributed by atoms with Gasteiger partial charge in [0, 0.05) is 6.54 Å². The van der Waals surface area contributed by atoms with Crippen LogP contribution in [0.4, 0.5) is 4.39 Å². The summed E-state index contributed by atoms with van der Waals surface area (Å²) in [4.78, 5) is 0. The minimum atomic E-state index is -0.180. The first kappa shape index (κ1) is 12.9. The van der Waals surface area contributed by atoms with E-state index in [0.29, 0.717) is 5.92 Å². The van der Waals surface area contributed by atoms with Gasteiger partial charge in [-0.15, -0.1) is 0 Å². The fourth-order valence-corrected chi connectivity index (χ4v) is 1.50. The molecule has 0 unspecified atom stereocenters. The molecule has 1 aromatic rings. The Morgan fingerprint density at radius 3 is 2.75 bits per heavy atom. The predicted molar refractivity (Wildman–Crippen MR) is 67.8 cm³/mol. The molecule has 16 heavy (non-hydrogen) atoms. The van der Waals surface area contributed by atoms with Gasteiger partial charge in [-0.3, -0.25) is 0 Å². The Bertz CT molecular complexity index is 356. The van der Waals surface area contributed by atoms with Gasteiger partial charge in [0.2, 0.25) is 0 Å². The molecule has 0 spiro atoms. The summed E-state index contributed by atoms with van der Waals surface area (Å²) in [5.74, 6) is 0.294. The van der Waals surface area contributed by atoms with Crippen molar-refractivity contribution >= 4 is 6.08 Å². The van der Waals surface area contributed by atoms with Crippen LogP contribution in [-0.4, -0.2) is 13.1 Å². The number of nitrogens with one attached hydrogen (secondary N) is 1. The van der Waals surface area contributed by atoms with E-state index in [1.807, 2.05) is 6.07 Å². The number of benzene rings is 1. The molecule has 1 N–H and O–H groups in total. The largest absolute Gasteiger partial charge is 0.313 e. The van der Waals surface area contributed by atoms with Gasteiger partial charge in [-0.25, -0.2) is 4.39 Å². The zero-order valence-corrected chi connectivity index (χ0v) is 10.3. The first-order valence-corrected chi connectivity index (χ1v) is 5.80. The van der Waals surface area contributed by atoms with Crippen molar-refractivity contribution in [2.75, 3.05) is 13.1 Å². The van der Waals surface area contributed by atoms with Crippen molar-refractivity contribution in [3.05, 3.63) is 41.2 Å². The van der Waals surface area contributed by atoms with Gasteiger partial charge in [0.05, 0.1) is 0 Å². The van der Waals surface area contributed by atoms with Crippen LogP contribution in [0.15, 0.2) is 29.8 Å². The zero-order valence-electron chi connectivity index (χ0n) is 10.3. The fraction of sp³-hybridized carbons (Fsp3) is 0.429. The lowest BCUT2D eigenvalue weighted by Gasteiger charge is -2.12. The van der Waals surface area contributed by atoms with Crippen molar-refractivity contribution in [3.8, 4) is 0 Å². The highest BCUT2D eigenvalue weighted by atomic mass is 19.1. The SMILES string of the molecule is CCNCC(=Cc1cccc(F)c1)C(C)C. The number of hydrogen-bond acceptors (Lipinski definition) is 1. The third kappa shape index (κ3) is 4.15. The number of hydrogen-bond donors (Lipinski definition) is 1.